The van der Waals surface area contributed by atoms with Gasteiger partial charge in [0, 0.05) is 17.6 Å². The van der Waals surface area contributed by atoms with Crippen LogP contribution in [0.4, 0.5) is 0 Å². The van der Waals surface area contributed by atoms with Gasteiger partial charge in [-0.2, -0.15) is 0 Å². The van der Waals surface area contributed by atoms with E-state index in [1.165, 1.54) is 0 Å². The van der Waals surface area contributed by atoms with Crippen molar-refractivity contribution in [3.63, 3.8) is 0 Å². The normalized spacial score (nSPS) is 60.2. The molecule has 0 aliphatic heterocycles. The molecule has 0 aromatic heterocycles. The van der Waals surface area contributed by atoms with Gasteiger partial charge in [0.2, 0.25) is 0 Å². The van der Waals surface area contributed by atoms with Crippen molar-refractivity contribution in [3.8, 4) is 0 Å². The Hall–Kier alpha value is -0.160. The Morgan fingerprint density at radius 2 is 1.71 bits per heavy atom. The van der Waals surface area contributed by atoms with E-state index in [4.69, 9.17) is 5.73 Å². The van der Waals surface area contributed by atoms with Gasteiger partial charge in [0.05, 0.1) is 12.2 Å². The predicted molar refractivity (Wildman–Crippen MR) is 93.1 cm³/mol. The van der Waals surface area contributed by atoms with Crippen molar-refractivity contribution in [2.45, 2.75) is 83.0 Å². The van der Waals surface area contributed by atoms with Crippen molar-refractivity contribution in [2.24, 2.45) is 40.2 Å². The molecule has 0 bridgehead atoms. The molecule has 5 N–H and O–H groups in total. The van der Waals surface area contributed by atoms with Gasteiger partial charge in [0.15, 0.2) is 0 Å². The first kappa shape index (κ1) is 17.3. The van der Waals surface area contributed by atoms with Gasteiger partial charge in [0.1, 0.15) is 0 Å². The quantitative estimate of drug-likeness (QED) is 0.590. The molecule has 0 heterocycles. The van der Waals surface area contributed by atoms with Crippen molar-refractivity contribution in [3.05, 3.63) is 0 Å². The van der Waals surface area contributed by atoms with Gasteiger partial charge in [-0.3, -0.25) is 0 Å². The Kier molecular flexibility index (Phi) is 3.90. The average Bonchev–Trinajstić information content (AvgIpc) is 2.82. The fourth-order valence-electron chi connectivity index (χ4n) is 7.72. The van der Waals surface area contributed by atoms with E-state index in [1.54, 1.807) is 0 Å². The van der Waals surface area contributed by atoms with Crippen LogP contribution in [0.2, 0.25) is 0 Å². The highest BCUT2D eigenvalue weighted by Crippen LogP contribution is 2.68. The molecule has 4 fully saturated rings. The molecule has 24 heavy (non-hydrogen) atoms. The van der Waals surface area contributed by atoms with Crippen LogP contribution in [0.1, 0.15) is 65.2 Å². The Morgan fingerprint density at radius 1 is 0.958 bits per heavy atom. The van der Waals surface area contributed by atoms with E-state index in [0.29, 0.717) is 17.8 Å². The van der Waals surface area contributed by atoms with E-state index in [-0.39, 0.29) is 35.0 Å². The van der Waals surface area contributed by atoms with Gasteiger partial charge in [-0.1, -0.05) is 13.8 Å². The fourth-order valence-corrected chi connectivity index (χ4v) is 7.72. The number of hydrogen-bond donors (Lipinski definition) is 4. The lowest BCUT2D eigenvalue weighted by molar-refractivity contribution is -0.182. The second kappa shape index (κ2) is 5.42. The first-order chi connectivity index (χ1) is 11.3. The molecule has 4 heteroatoms. The third-order valence-corrected chi connectivity index (χ3v) is 9.47. The van der Waals surface area contributed by atoms with E-state index in [0.717, 1.165) is 51.4 Å². The zero-order valence-corrected chi connectivity index (χ0v) is 15.2. The van der Waals surface area contributed by atoms with E-state index in [1.807, 2.05) is 0 Å². The molecule has 4 rings (SSSR count). The number of aliphatic hydroxyl groups is 3. The highest BCUT2D eigenvalue weighted by atomic mass is 16.3. The van der Waals surface area contributed by atoms with Crippen molar-refractivity contribution < 1.29 is 15.3 Å². The molecule has 0 aromatic carbocycles. The summed E-state index contributed by atoms with van der Waals surface area (Å²) in [5.74, 6) is 1.59. The molecule has 138 valence electrons. The summed E-state index contributed by atoms with van der Waals surface area (Å²) in [5.41, 5.74) is 6.58. The number of aliphatic hydroxyl groups excluding tert-OH is 3. The minimum absolute atomic E-state index is 0.122. The Bertz CT molecular complexity index is 513. The van der Waals surface area contributed by atoms with E-state index in [9.17, 15) is 15.3 Å². The summed E-state index contributed by atoms with van der Waals surface area (Å²) < 4.78 is 0. The summed E-state index contributed by atoms with van der Waals surface area (Å²) >= 11 is 0. The Morgan fingerprint density at radius 3 is 2.42 bits per heavy atom. The van der Waals surface area contributed by atoms with Gasteiger partial charge in [0.25, 0.3) is 0 Å². The fraction of sp³-hybridized carbons (Fsp3) is 1.00. The van der Waals surface area contributed by atoms with Gasteiger partial charge >= 0.3 is 0 Å². The lowest BCUT2D eigenvalue weighted by atomic mass is 9.42. The Labute approximate surface area is 145 Å². The van der Waals surface area contributed by atoms with Crippen molar-refractivity contribution in [1.29, 1.82) is 0 Å². The monoisotopic (exact) mass is 337 g/mol. The molecule has 4 saturated carbocycles. The van der Waals surface area contributed by atoms with Crippen LogP contribution < -0.4 is 5.73 Å². The second-order valence-corrected chi connectivity index (χ2v) is 9.91. The van der Waals surface area contributed by atoms with Crippen LogP contribution >= 0.6 is 0 Å². The summed E-state index contributed by atoms with van der Waals surface area (Å²) in [7, 11) is 0. The number of fused-ring (bicyclic) bond motifs is 5. The van der Waals surface area contributed by atoms with Gasteiger partial charge in [-0.25, -0.2) is 0 Å². The third-order valence-electron chi connectivity index (χ3n) is 9.47. The van der Waals surface area contributed by atoms with Crippen LogP contribution in [-0.2, 0) is 0 Å². The molecule has 4 nitrogen and oxygen atoms in total. The van der Waals surface area contributed by atoms with Gasteiger partial charge < -0.3 is 21.1 Å². The molecule has 4 aliphatic rings. The minimum Gasteiger partial charge on any atom is -0.396 e. The van der Waals surface area contributed by atoms with Gasteiger partial charge in [-0.15, -0.1) is 0 Å². The van der Waals surface area contributed by atoms with E-state index >= 15 is 0 Å². The van der Waals surface area contributed by atoms with Crippen LogP contribution in [0.3, 0.4) is 0 Å². The SMILES string of the molecule is C[C@]12CCC(O)CC1CC[C@@H]1[C@@H]2CC(O)[C@]2(C)[C@@H](CO)CCC12N. The maximum Gasteiger partial charge on any atom is 0.0617 e. The predicted octanol–water partition coefficient (Wildman–Crippen LogP) is 2.05. The van der Waals surface area contributed by atoms with Crippen LogP contribution in [-0.4, -0.2) is 39.7 Å². The second-order valence-electron chi connectivity index (χ2n) is 9.91. The molecule has 0 radical (unpaired) electrons. The molecule has 0 spiro atoms. The summed E-state index contributed by atoms with van der Waals surface area (Å²) in [6.07, 6.45) is 7.26. The van der Waals surface area contributed by atoms with Crippen LogP contribution in [0.25, 0.3) is 0 Å². The molecule has 4 unspecified atom stereocenters. The minimum atomic E-state index is -0.425. The third kappa shape index (κ3) is 1.94. The number of rotatable bonds is 1. The molecule has 0 aromatic rings. The maximum absolute atomic E-state index is 11.2. The summed E-state index contributed by atoms with van der Waals surface area (Å²) in [6, 6.07) is 0. The zero-order valence-electron chi connectivity index (χ0n) is 15.2. The molecule has 0 saturated heterocycles. The maximum atomic E-state index is 11.2. The van der Waals surface area contributed by atoms with Gasteiger partial charge in [-0.05, 0) is 80.5 Å². The highest BCUT2D eigenvalue weighted by molar-refractivity contribution is 5.21. The topological polar surface area (TPSA) is 86.7 Å². The first-order valence-corrected chi connectivity index (χ1v) is 10.0. The highest BCUT2D eigenvalue weighted by Gasteiger charge is 2.68. The van der Waals surface area contributed by atoms with Crippen LogP contribution in [0.5, 0.6) is 0 Å². The lowest BCUT2D eigenvalue weighted by Crippen LogP contribution is -2.70. The average molecular weight is 338 g/mol. The molecular weight excluding hydrogens is 302 g/mol. The summed E-state index contributed by atoms with van der Waals surface area (Å²) in [5, 5.41) is 31.1. The van der Waals surface area contributed by atoms with Crippen LogP contribution in [0, 0.1) is 34.5 Å². The van der Waals surface area contributed by atoms with Crippen LogP contribution in [0.15, 0.2) is 0 Å². The van der Waals surface area contributed by atoms with Crippen molar-refractivity contribution >= 4 is 0 Å². The standard InChI is InChI=1S/C20H35NO3/c1-18-7-6-14(23)9-12(18)3-4-15-16(18)10-17(24)19(2)13(11-22)5-8-20(15,19)21/h12-17,22-24H,3-11,21H2,1-2H3/t12?,13-,14?,15-,16+,17?,18+,19+,20?/m1/s1. The molecular formula is C20H35NO3. The van der Waals surface area contributed by atoms with E-state index < -0.39 is 6.10 Å². The largest absolute Gasteiger partial charge is 0.396 e. The molecule has 4 aliphatic carbocycles. The zero-order chi connectivity index (χ0) is 17.3. The Balaban J connectivity index is 1.71. The van der Waals surface area contributed by atoms with E-state index in [2.05, 4.69) is 13.8 Å². The number of hydrogen-bond acceptors (Lipinski definition) is 4. The summed E-state index contributed by atoms with van der Waals surface area (Å²) in [4.78, 5) is 0. The lowest BCUT2D eigenvalue weighted by Gasteiger charge is -2.65. The smallest absolute Gasteiger partial charge is 0.0617 e. The first-order valence-electron chi connectivity index (χ1n) is 10.0. The van der Waals surface area contributed by atoms with Crippen molar-refractivity contribution in [1.82, 2.24) is 0 Å². The molecule has 9 atom stereocenters. The molecule has 0 amide bonds. The van der Waals surface area contributed by atoms with Crippen molar-refractivity contribution in [2.75, 3.05) is 6.61 Å². The summed E-state index contributed by atoms with van der Waals surface area (Å²) in [6.45, 7) is 4.67. The number of nitrogens with two attached hydrogens (primary N) is 1.